The molecule has 3 atom stereocenters. The number of nitrogens with two attached hydrogens (primary N) is 1. The zero-order valence-electron chi connectivity index (χ0n) is 12.6. The number of hydrogen-bond donors (Lipinski definition) is 2. The Kier molecular flexibility index (Phi) is 5.71. The van der Waals surface area contributed by atoms with Crippen LogP contribution in [-0.4, -0.2) is 25.5 Å². The number of nitrogens with one attached hydrogen (secondary N) is 1. The number of benzene rings is 1. The van der Waals surface area contributed by atoms with Crippen molar-refractivity contribution in [1.82, 2.24) is 5.32 Å². The van der Waals surface area contributed by atoms with Crippen LogP contribution in [-0.2, 0) is 10.0 Å². The summed E-state index contributed by atoms with van der Waals surface area (Å²) >= 11 is 2.05. The zero-order valence-corrected chi connectivity index (χ0v) is 14.2. The highest BCUT2D eigenvalue weighted by molar-refractivity contribution is 7.99. The van der Waals surface area contributed by atoms with Gasteiger partial charge < -0.3 is 5.32 Å². The summed E-state index contributed by atoms with van der Waals surface area (Å²) in [5.74, 6) is 1.18. The molecule has 0 aromatic heterocycles. The fraction of sp³-hybridized carbons (Fsp3) is 0.600. The Morgan fingerprint density at radius 1 is 1.33 bits per heavy atom. The molecule has 1 saturated carbocycles. The monoisotopic (exact) mass is 328 g/mol. The summed E-state index contributed by atoms with van der Waals surface area (Å²) in [4.78, 5) is 0.165. The van der Waals surface area contributed by atoms with Crippen molar-refractivity contribution < 1.29 is 8.42 Å². The van der Waals surface area contributed by atoms with Crippen LogP contribution in [0.2, 0.25) is 0 Å². The molecule has 0 spiro atoms. The standard InChI is InChI=1S/C15H24N2O2S2/c1-3-20-14-7-6-13(10-14)17-11(2)12-4-8-15(9-5-12)21(16,18)19/h4-5,8-9,11,13-14,17H,3,6-7,10H2,1-2H3,(H2,16,18,19)/t11-,13+,14-/m0/s1. The third-order valence-corrected chi connectivity index (χ3v) is 6.14. The first kappa shape index (κ1) is 16.8. The third kappa shape index (κ3) is 4.71. The molecule has 21 heavy (non-hydrogen) atoms. The maximum Gasteiger partial charge on any atom is 0.238 e. The molecule has 0 heterocycles. The lowest BCUT2D eigenvalue weighted by atomic mass is 10.1. The Balaban J connectivity index is 1.93. The lowest BCUT2D eigenvalue weighted by molar-refractivity contribution is 0.462. The highest BCUT2D eigenvalue weighted by Gasteiger charge is 2.25. The molecule has 6 heteroatoms. The molecule has 1 aliphatic rings. The largest absolute Gasteiger partial charge is 0.307 e. The van der Waals surface area contributed by atoms with Gasteiger partial charge in [0.2, 0.25) is 10.0 Å². The van der Waals surface area contributed by atoms with Gasteiger partial charge in [-0.15, -0.1) is 0 Å². The summed E-state index contributed by atoms with van der Waals surface area (Å²) < 4.78 is 22.5. The molecular formula is C15H24N2O2S2. The van der Waals surface area contributed by atoms with E-state index in [0.717, 1.165) is 10.8 Å². The van der Waals surface area contributed by atoms with Crippen LogP contribution in [0.1, 0.15) is 44.7 Å². The van der Waals surface area contributed by atoms with Crippen molar-refractivity contribution in [2.75, 3.05) is 5.75 Å². The number of hydrogen-bond acceptors (Lipinski definition) is 4. The Bertz CT molecular complexity index is 558. The van der Waals surface area contributed by atoms with Crippen LogP contribution in [0.5, 0.6) is 0 Å². The molecule has 3 N–H and O–H groups in total. The topological polar surface area (TPSA) is 72.2 Å². The Morgan fingerprint density at radius 2 is 2.00 bits per heavy atom. The molecule has 1 aromatic carbocycles. The van der Waals surface area contributed by atoms with E-state index in [1.54, 1.807) is 12.1 Å². The minimum Gasteiger partial charge on any atom is -0.307 e. The fourth-order valence-electron chi connectivity index (χ4n) is 2.87. The van der Waals surface area contributed by atoms with Gasteiger partial charge in [0.25, 0.3) is 0 Å². The van der Waals surface area contributed by atoms with Gasteiger partial charge in [0.05, 0.1) is 4.90 Å². The molecule has 118 valence electrons. The van der Waals surface area contributed by atoms with Crippen LogP contribution in [0.3, 0.4) is 0 Å². The van der Waals surface area contributed by atoms with Crippen LogP contribution in [0.15, 0.2) is 29.2 Å². The van der Waals surface area contributed by atoms with Gasteiger partial charge in [-0.3, -0.25) is 0 Å². The van der Waals surface area contributed by atoms with Crippen LogP contribution < -0.4 is 10.5 Å². The number of thioether (sulfide) groups is 1. The maximum atomic E-state index is 11.3. The Hall–Kier alpha value is -0.560. The first-order valence-corrected chi connectivity index (χ1v) is 10.00. The van der Waals surface area contributed by atoms with Gasteiger partial charge in [0.1, 0.15) is 0 Å². The van der Waals surface area contributed by atoms with E-state index in [2.05, 4.69) is 19.2 Å². The summed E-state index contributed by atoms with van der Waals surface area (Å²) in [5.41, 5.74) is 1.09. The second kappa shape index (κ2) is 7.13. The Morgan fingerprint density at radius 3 is 2.57 bits per heavy atom. The first-order chi connectivity index (χ1) is 9.90. The maximum absolute atomic E-state index is 11.3. The highest BCUT2D eigenvalue weighted by atomic mass is 32.2. The van der Waals surface area contributed by atoms with Crippen LogP contribution in [0.4, 0.5) is 0 Å². The summed E-state index contributed by atoms with van der Waals surface area (Å²) in [5, 5.41) is 9.54. The van der Waals surface area contributed by atoms with Crippen molar-refractivity contribution in [3.63, 3.8) is 0 Å². The van der Waals surface area contributed by atoms with E-state index in [9.17, 15) is 8.42 Å². The van der Waals surface area contributed by atoms with E-state index < -0.39 is 10.0 Å². The molecule has 2 rings (SSSR count). The summed E-state index contributed by atoms with van der Waals surface area (Å²) in [6.07, 6.45) is 3.72. The molecule has 0 radical (unpaired) electrons. The quantitative estimate of drug-likeness (QED) is 0.842. The van der Waals surface area contributed by atoms with E-state index in [4.69, 9.17) is 5.14 Å². The summed E-state index contributed by atoms with van der Waals surface area (Å²) in [6, 6.07) is 7.60. The van der Waals surface area contributed by atoms with Crippen molar-refractivity contribution >= 4 is 21.8 Å². The normalized spacial score (nSPS) is 24.1. The van der Waals surface area contributed by atoms with Crippen molar-refractivity contribution in [2.45, 2.75) is 55.3 Å². The smallest absolute Gasteiger partial charge is 0.238 e. The van der Waals surface area contributed by atoms with E-state index in [1.807, 2.05) is 23.9 Å². The van der Waals surface area contributed by atoms with Gasteiger partial charge in [-0.2, -0.15) is 11.8 Å². The van der Waals surface area contributed by atoms with Gasteiger partial charge in [0.15, 0.2) is 0 Å². The average molecular weight is 329 g/mol. The fourth-order valence-corrected chi connectivity index (χ4v) is 4.53. The van der Waals surface area contributed by atoms with Gasteiger partial charge in [-0.05, 0) is 49.6 Å². The molecule has 0 aliphatic heterocycles. The van der Waals surface area contributed by atoms with Crippen LogP contribution in [0.25, 0.3) is 0 Å². The van der Waals surface area contributed by atoms with Gasteiger partial charge >= 0.3 is 0 Å². The molecular weight excluding hydrogens is 304 g/mol. The van der Waals surface area contributed by atoms with Crippen molar-refractivity contribution in [3.8, 4) is 0 Å². The van der Waals surface area contributed by atoms with Crippen molar-refractivity contribution in [3.05, 3.63) is 29.8 Å². The molecule has 1 aliphatic carbocycles. The second-order valence-corrected chi connectivity index (χ2v) is 8.73. The zero-order chi connectivity index (χ0) is 15.5. The first-order valence-electron chi connectivity index (χ1n) is 7.40. The van der Waals surface area contributed by atoms with Crippen LogP contribution in [0, 0.1) is 0 Å². The summed E-state index contributed by atoms with van der Waals surface area (Å²) in [6.45, 7) is 4.33. The SMILES string of the molecule is CCS[C@H]1CC[C@@H](N[C@@H](C)c2ccc(S(N)(=O)=O)cc2)C1. The summed E-state index contributed by atoms with van der Waals surface area (Å²) in [7, 11) is -3.60. The molecule has 0 unspecified atom stereocenters. The molecule has 1 fully saturated rings. The predicted molar refractivity (Wildman–Crippen MR) is 88.9 cm³/mol. The van der Waals surface area contributed by atoms with E-state index in [1.165, 1.54) is 25.0 Å². The van der Waals surface area contributed by atoms with Gasteiger partial charge in [0, 0.05) is 17.3 Å². The highest BCUT2D eigenvalue weighted by Crippen LogP contribution is 2.31. The lowest BCUT2D eigenvalue weighted by Gasteiger charge is -2.20. The molecule has 1 aromatic rings. The minimum absolute atomic E-state index is 0.165. The molecule has 0 saturated heterocycles. The number of rotatable bonds is 6. The molecule has 0 bridgehead atoms. The molecule has 0 amide bonds. The van der Waals surface area contributed by atoms with Gasteiger partial charge in [-0.1, -0.05) is 19.1 Å². The van der Waals surface area contributed by atoms with Crippen LogP contribution >= 0.6 is 11.8 Å². The minimum atomic E-state index is -3.60. The third-order valence-electron chi connectivity index (χ3n) is 3.98. The average Bonchev–Trinajstić information content (AvgIpc) is 2.86. The van der Waals surface area contributed by atoms with Crippen molar-refractivity contribution in [1.29, 1.82) is 0 Å². The van der Waals surface area contributed by atoms with E-state index in [0.29, 0.717) is 6.04 Å². The number of primary sulfonamides is 1. The van der Waals surface area contributed by atoms with Gasteiger partial charge in [-0.25, -0.2) is 13.6 Å². The van der Waals surface area contributed by atoms with E-state index >= 15 is 0 Å². The molecule has 4 nitrogen and oxygen atoms in total. The number of sulfonamides is 1. The Labute approximate surface area is 131 Å². The second-order valence-electron chi connectivity index (χ2n) is 5.59. The van der Waals surface area contributed by atoms with Crippen molar-refractivity contribution in [2.24, 2.45) is 5.14 Å². The lowest BCUT2D eigenvalue weighted by Crippen LogP contribution is -2.29. The van der Waals surface area contributed by atoms with E-state index in [-0.39, 0.29) is 10.9 Å². The predicted octanol–water partition coefficient (Wildman–Crippen LogP) is 2.66.